The maximum atomic E-state index is 11.9. The maximum Gasteiger partial charge on any atom is 0.338 e. The van der Waals surface area contributed by atoms with Gasteiger partial charge < -0.3 is 10.1 Å². The summed E-state index contributed by atoms with van der Waals surface area (Å²) in [5, 5.41) is 2.70. The second kappa shape index (κ2) is 7.35. The fraction of sp³-hybridized carbons (Fsp3) is 0.167. The van der Waals surface area contributed by atoms with Crippen molar-refractivity contribution in [2.45, 2.75) is 13.8 Å². The van der Waals surface area contributed by atoms with Crippen LogP contribution < -0.4 is 5.32 Å². The normalized spacial score (nSPS) is 10.0. The molecule has 0 spiro atoms. The zero-order valence-electron chi connectivity index (χ0n) is 13.0. The Morgan fingerprint density at radius 3 is 2.39 bits per heavy atom. The molecule has 2 aromatic rings. The number of benzene rings is 2. The Balaban J connectivity index is 1.90. The number of anilines is 1. The summed E-state index contributed by atoms with van der Waals surface area (Å²) < 4.78 is 4.96. The quantitative estimate of drug-likeness (QED) is 0.680. The van der Waals surface area contributed by atoms with Crippen LogP contribution in [0.5, 0.6) is 0 Å². The molecule has 0 bridgehead atoms. The summed E-state index contributed by atoms with van der Waals surface area (Å²) >= 11 is 0. The Bertz CT molecular complexity index is 735. The van der Waals surface area contributed by atoms with Crippen molar-refractivity contribution < 1.29 is 19.1 Å². The summed E-state index contributed by atoms with van der Waals surface area (Å²) in [5.41, 5.74) is 3.48. The molecule has 0 aliphatic heterocycles. The third-order valence-electron chi connectivity index (χ3n) is 3.27. The van der Waals surface area contributed by atoms with Crippen LogP contribution in [0.25, 0.3) is 0 Å². The van der Waals surface area contributed by atoms with E-state index in [-0.39, 0.29) is 12.2 Å². The molecule has 0 saturated carbocycles. The van der Waals surface area contributed by atoms with E-state index in [2.05, 4.69) is 5.32 Å². The van der Waals surface area contributed by atoms with Gasteiger partial charge in [0, 0.05) is 11.3 Å². The van der Waals surface area contributed by atoms with Crippen molar-refractivity contribution in [1.82, 2.24) is 0 Å². The molecule has 0 aromatic heterocycles. The molecule has 0 atom stereocenters. The fourth-order valence-corrected chi connectivity index (χ4v) is 2.05. The molecule has 0 heterocycles. The van der Waals surface area contributed by atoms with E-state index in [1.807, 2.05) is 32.0 Å². The summed E-state index contributed by atoms with van der Waals surface area (Å²) in [6, 6.07) is 11.6. The monoisotopic (exact) mass is 311 g/mol. The van der Waals surface area contributed by atoms with Crippen molar-refractivity contribution in [3.63, 3.8) is 0 Å². The Kier molecular flexibility index (Phi) is 5.25. The fourth-order valence-electron chi connectivity index (χ4n) is 2.05. The van der Waals surface area contributed by atoms with Gasteiger partial charge in [0.2, 0.25) is 0 Å². The average molecular weight is 311 g/mol. The first-order chi connectivity index (χ1) is 11.0. The van der Waals surface area contributed by atoms with Crippen LogP contribution >= 0.6 is 0 Å². The van der Waals surface area contributed by atoms with Crippen molar-refractivity contribution in [3.8, 4) is 0 Å². The Hall–Kier alpha value is -2.95. The summed E-state index contributed by atoms with van der Waals surface area (Å²) in [4.78, 5) is 34.2. The number of ether oxygens (including phenoxy) is 1. The Morgan fingerprint density at radius 2 is 1.78 bits per heavy atom. The Morgan fingerprint density at radius 1 is 1.09 bits per heavy atom. The van der Waals surface area contributed by atoms with Crippen molar-refractivity contribution in [2.24, 2.45) is 0 Å². The number of nitrogens with one attached hydrogen (secondary N) is 1. The largest absolute Gasteiger partial charge is 0.452 e. The highest BCUT2D eigenvalue weighted by atomic mass is 16.5. The molecule has 5 heteroatoms. The van der Waals surface area contributed by atoms with Gasteiger partial charge in [0.05, 0.1) is 5.56 Å². The van der Waals surface area contributed by atoms with E-state index in [1.165, 1.54) is 24.3 Å². The maximum absolute atomic E-state index is 11.9. The van der Waals surface area contributed by atoms with E-state index in [9.17, 15) is 14.4 Å². The molecule has 5 nitrogen and oxygen atoms in total. The zero-order chi connectivity index (χ0) is 16.8. The minimum absolute atomic E-state index is 0.287. The molecule has 0 saturated heterocycles. The number of aryl methyl sites for hydroxylation is 2. The highest BCUT2D eigenvalue weighted by Gasteiger charge is 2.11. The van der Waals surface area contributed by atoms with Gasteiger partial charge in [-0.15, -0.1) is 0 Å². The van der Waals surface area contributed by atoms with E-state index in [0.717, 1.165) is 11.1 Å². The second-order valence-corrected chi connectivity index (χ2v) is 5.18. The number of hydrogen-bond acceptors (Lipinski definition) is 4. The topological polar surface area (TPSA) is 72.5 Å². The number of esters is 1. The predicted molar refractivity (Wildman–Crippen MR) is 86.7 cm³/mol. The van der Waals surface area contributed by atoms with Gasteiger partial charge >= 0.3 is 5.97 Å². The van der Waals surface area contributed by atoms with Crippen LogP contribution in [0.1, 0.15) is 31.8 Å². The molecule has 23 heavy (non-hydrogen) atoms. The average Bonchev–Trinajstić information content (AvgIpc) is 2.55. The standard InChI is InChI=1S/C18H17NO4/c1-12-3-8-16(13(2)9-12)19-17(21)11-23-18(22)15-6-4-14(10-20)5-7-15/h3-10H,11H2,1-2H3,(H,19,21). The number of aldehydes is 1. The Labute approximate surface area is 134 Å². The molecule has 0 aliphatic carbocycles. The number of carbonyl (C=O) groups is 3. The van der Waals surface area contributed by atoms with Gasteiger partial charge in [-0.3, -0.25) is 9.59 Å². The molecule has 2 aromatic carbocycles. The lowest BCUT2D eigenvalue weighted by atomic mass is 10.1. The predicted octanol–water partition coefficient (Wildman–Crippen LogP) is 2.91. The zero-order valence-corrected chi connectivity index (χ0v) is 13.0. The van der Waals surface area contributed by atoms with E-state index >= 15 is 0 Å². The molecule has 0 fully saturated rings. The SMILES string of the molecule is Cc1ccc(NC(=O)COC(=O)c2ccc(C=O)cc2)c(C)c1. The number of rotatable bonds is 5. The number of hydrogen-bond donors (Lipinski definition) is 1. The summed E-state index contributed by atoms with van der Waals surface area (Å²) in [5.74, 6) is -1.02. The van der Waals surface area contributed by atoms with Gasteiger partial charge in [0.25, 0.3) is 5.91 Å². The molecule has 1 amide bonds. The van der Waals surface area contributed by atoms with Crippen LogP contribution in [0.15, 0.2) is 42.5 Å². The molecule has 0 aliphatic rings. The summed E-state index contributed by atoms with van der Waals surface area (Å²) in [6.07, 6.45) is 0.687. The minimum atomic E-state index is -0.613. The first-order valence-corrected chi connectivity index (χ1v) is 7.09. The van der Waals surface area contributed by atoms with Gasteiger partial charge in [0.1, 0.15) is 6.29 Å². The molecule has 0 radical (unpaired) electrons. The third-order valence-corrected chi connectivity index (χ3v) is 3.27. The van der Waals surface area contributed by atoms with Crippen LogP contribution in [-0.4, -0.2) is 24.8 Å². The van der Waals surface area contributed by atoms with E-state index in [4.69, 9.17) is 4.74 Å². The van der Waals surface area contributed by atoms with Gasteiger partial charge in [-0.1, -0.05) is 29.8 Å². The molecular weight excluding hydrogens is 294 g/mol. The molecule has 118 valence electrons. The highest BCUT2D eigenvalue weighted by Crippen LogP contribution is 2.15. The first-order valence-electron chi connectivity index (χ1n) is 7.09. The lowest BCUT2D eigenvalue weighted by molar-refractivity contribution is -0.119. The van der Waals surface area contributed by atoms with Crippen molar-refractivity contribution in [2.75, 3.05) is 11.9 Å². The van der Waals surface area contributed by atoms with E-state index < -0.39 is 11.9 Å². The van der Waals surface area contributed by atoms with E-state index in [0.29, 0.717) is 17.5 Å². The highest BCUT2D eigenvalue weighted by molar-refractivity contribution is 5.96. The molecule has 0 unspecified atom stereocenters. The van der Waals surface area contributed by atoms with Gasteiger partial charge in [0.15, 0.2) is 6.61 Å². The summed E-state index contributed by atoms with van der Waals surface area (Å²) in [7, 11) is 0. The van der Waals surface area contributed by atoms with Crippen LogP contribution in [0.4, 0.5) is 5.69 Å². The second-order valence-electron chi connectivity index (χ2n) is 5.18. The van der Waals surface area contributed by atoms with Crippen molar-refractivity contribution >= 4 is 23.9 Å². The number of carbonyl (C=O) groups excluding carboxylic acids is 3. The molecule has 1 N–H and O–H groups in total. The van der Waals surface area contributed by atoms with Crippen molar-refractivity contribution in [3.05, 3.63) is 64.7 Å². The number of amides is 1. The van der Waals surface area contributed by atoms with E-state index in [1.54, 1.807) is 0 Å². The third kappa shape index (κ3) is 4.51. The minimum Gasteiger partial charge on any atom is -0.452 e. The van der Waals surface area contributed by atoms with Crippen LogP contribution in [0, 0.1) is 13.8 Å². The smallest absolute Gasteiger partial charge is 0.338 e. The molecule has 2 rings (SSSR count). The lowest BCUT2D eigenvalue weighted by Gasteiger charge is -2.09. The van der Waals surface area contributed by atoms with Crippen LogP contribution in [-0.2, 0) is 9.53 Å². The molecular formula is C18H17NO4. The van der Waals surface area contributed by atoms with Crippen molar-refractivity contribution in [1.29, 1.82) is 0 Å². The van der Waals surface area contributed by atoms with Gasteiger partial charge in [-0.2, -0.15) is 0 Å². The van der Waals surface area contributed by atoms with Gasteiger partial charge in [-0.05, 0) is 37.6 Å². The van der Waals surface area contributed by atoms with Crippen LogP contribution in [0.2, 0.25) is 0 Å². The van der Waals surface area contributed by atoms with Gasteiger partial charge in [-0.25, -0.2) is 4.79 Å². The first kappa shape index (κ1) is 16.4. The van der Waals surface area contributed by atoms with Crippen LogP contribution in [0.3, 0.4) is 0 Å². The summed E-state index contributed by atoms with van der Waals surface area (Å²) in [6.45, 7) is 3.49. The lowest BCUT2D eigenvalue weighted by Crippen LogP contribution is -2.21.